The number of hydrogen-bond donors (Lipinski definition) is 1. The van der Waals surface area contributed by atoms with Crippen molar-refractivity contribution < 1.29 is 14.8 Å². The number of nitrogens with zero attached hydrogens (tertiary/aromatic N) is 6. The van der Waals surface area contributed by atoms with E-state index in [0.717, 1.165) is 16.4 Å². The minimum absolute atomic E-state index is 0.108. The summed E-state index contributed by atoms with van der Waals surface area (Å²) >= 11 is 0.843. The van der Waals surface area contributed by atoms with Crippen LogP contribution in [0, 0.1) is 17.0 Å². The molecule has 20 heavy (non-hydrogen) atoms. The van der Waals surface area contributed by atoms with Crippen LogP contribution in [-0.4, -0.2) is 41.2 Å². The van der Waals surface area contributed by atoms with Crippen molar-refractivity contribution in [1.29, 1.82) is 0 Å². The third-order valence-electron chi connectivity index (χ3n) is 2.15. The lowest BCUT2D eigenvalue weighted by Crippen LogP contribution is -2.11. The van der Waals surface area contributed by atoms with E-state index in [0.29, 0.717) is 5.69 Å². The van der Waals surface area contributed by atoms with Crippen LogP contribution in [-0.2, 0) is 11.3 Å². The van der Waals surface area contributed by atoms with Gasteiger partial charge in [0.1, 0.15) is 6.54 Å². The number of hydrogen-bond acceptors (Lipinski definition) is 8. The summed E-state index contributed by atoms with van der Waals surface area (Å²) in [7, 11) is 0. The molecule has 104 valence electrons. The maximum Gasteiger partial charge on any atom is 0.325 e. The number of aromatic nitrogens is 5. The van der Waals surface area contributed by atoms with E-state index in [1.807, 2.05) is 0 Å². The summed E-state index contributed by atoms with van der Waals surface area (Å²) in [5, 5.41) is 30.4. The first-order valence-electron chi connectivity index (χ1n) is 5.25. The number of carboxylic acid groups (broad SMARTS) is 1. The summed E-state index contributed by atoms with van der Waals surface area (Å²) in [5.74, 6) is -1.12. The number of rotatable bonds is 5. The fourth-order valence-electron chi connectivity index (χ4n) is 1.32. The number of aryl methyl sites for hydroxylation is 1. The number of nitro groups is 1. The Morgan fingerprint density at radius 1 is 1.55 bits per heavy atom. The second-order valence-corrected chi connectivity index (χ2v) is 4.60. The standard InChI is InChI=1S/C9H8N6O4S/c1-5-2-3-6(15(18)19)8(10-5)20-9-11-12-13-14(9)4-7(16)17/h2-3H,4H2,1H3,(H,16,17). The monoisotopic (exact) mass is 296 g/mol. The Labute approximate surface area is 116 Å². The first kappa shape index (κ1) is 13.9. The summed E-state index contributed by atoms with van der Waals surface area (Å²) in [6.07, 6.45) is 0. The highest BCUT2D eigenvalue weighted by molar-refractivity contribution is 7.99. The average Bonchev–Trinajstić information content (AvgIpc) is 2.75. The molecule has 0 saturated heterocycles. The zero-order chi connectivity index (χ0) is 14.7. The highest BCUT2D eigenvalue weighted by Gasteiger charge is 2.20. The van der Waals surface area contributed by atoms with E-state index in [1.165, 1.54) is 12.1 Å². The van der Waals surface area contributed by atoms with Gasteiger partial charge in [0.2, 0.25) is 5.16 Å². The van der Waals surface area contributed by atoms with E-state index >= 15 is 0 Å². The van der Waals surface area contributed by atoms with Crippen molar-refractivity contribution in [2.45, 2.75) is 23.7 Å². The molecule has 2 aromatic rings. The Bertz CT molecular complexity index is 672. The fourth-order valence-corrected chi connectivity index (χ4v) is 2.22. The van der Waals surface area contributed by atoms with Crippen molar-refractivity contribution in [2.75, 3.05) is 0 Å². The first-order valence-corrected chi connectivity index (χ1v) is 6.07. The van der Waals surface area contributed by atoms with Gasteiger partial charge in [-0.05, 0) is 35.2 Å². The Balaban J connectivity index is 2.35. The second-order valence-electron chi connectivity index (χ2n) is 3.65. The molecule has 0 fully saturated rings. The summed E-state index contributed by atoms with van der Waals surface area (Å²) in [4.78, 5) is 25.1. The molecule has 2 aromatic heterocycles. The van der Waals surface area contributed by atoms with E-state index in [9.17, 15) is 14.9 Å². The molecule has 1 N–H and O–H groups in total. The van der Waals surface area contributed by atoms with Crippen molar-refractivity contribution in [3.63, 3.8) is 0 Å². The largest absolute Gasteiger partial charge is 0.480 e. The molecule has 0 radical (unpaired) electrons. The Kier molecular flexibility index (Phi) is 3.89. The molecule has 10 nitrogen and oxygen atoms in total. The van der Waals surface area contributed by atoms with Crippen LogP contribution in [0.4, 0.5) is 5.69 Å². The van der Waals surface area contributed by atoms with E-state index in [1.54, 1.807) is 6.92 Å². The maximum atomic E-state index is 10.9. The number of aliphatic carboxylic acids is 1. The quantitative estimate of drug-likeness (QED) is 0.618. The van der Waals surface area contributed by atoms with Gasteiger partial charge in [-0.2, -0.15) is 0 Å². The Morgan fingerprint density at radius 3 is 2.95 bits per heavy atom. The lowest BCUT2D eigenvalue weighted by Gasteiger charge is -2.03. The minimum Gasteiger partial charge on any atom is -0.480 e. The summed E-state index contributed by atoms with van der Waals surface area (Å²) < 4.78 is 1.03. The van der Waals surface area contributed by atoms with Crippen LogP contribution >= 0.6 is 11.8 Å². The Morgan fingerprint density at radius 2 is 2.30 bits per heavy atom. The summed E-state index contributed by atoms with van der Waals surface area (Å²) in [6.45, 7) is 1.25. The second kappa shape index (κ2) is 5.61. The number of carbonyl (C=O) groups is 1. The Hall–Kier alpha value is -2.56. The average molecular weight is 296 g/mol. The number of pyridine rings is 1. The van der Waals surface area contributed by atoms with Crippen molar-refractivity contribution in [3.8, 4) is 0 Å². The van der Waals surface area contributed by atoms with E-state index in [2.05, 4.69) is 20.5 Å². The number of tetrazole rings is 1. The molecule has 0 bridgehead atoms. The van der Waals surface area contributed by atoms with Gasteiger partial charge in [-0.3, -0.25) is 14.9 Å². The molecule has 11 heteroatoms. The van der Waals surface area contributed by atoms with Gasteiger partial charge in [-0.25, -0.2) is 9.67 Å². The van der Waals surface area contributed by atoms with Crippen LogP contribution < -0.4 is 0 Å². The minimum atomic E-state index is -1.12. The molecule has 0 aliphatic heterocycles. The van der Waals surface area contributed by atoms with E-state index < -0.39 is 17.4 Å². The maximum absolute atomic E-state index is 10.9. The summed E-state index contributed by atoms with van der Waals surface area (Å²) in [6, 6.07) is 2.85. The zero-order valence-electron chi connectivity index (χ0n) is 10.1. The molecule has 0 unspecified atom stereocenters. The molecule has 0 spiro atoms. The van der Waals surface area contributed by atoms with E-state index in [-0.39, 0.29) is 15.9 Å². The molecule has 0 aliphatic rings. The molecule has 0 aliphatic carbocycles. The van der Waals surface area contributed by atoms with Crippen LogP contribution in [0.1, 0.15) is 5.69 Å². The molecular weight excluding hydrogens is 288 g/mol. The highest BCUT2D eigenvalue weighted by Crippen LogP contribution is 2.31. The van der Waals surface area contributed by atoms with Gasteiger partial charge < -0.3 is 5.11 Å². The normalized spacial score (nSPS) is 10.4. The molecule has 0 atom stereocenters. The zero-order valence-corrected chi connectivity index (χ0v) is 10.9. The fraction of sp³-hybridized carbons (Fsp3) is 0.222. The van der Waals surface area contributed by atoms with Crippen LogP contribution in [0.3, 0.4) is 0 Å². The van der Waals surface area contributed by atoms with Gasteiger partial charge in [0.05, 0.1) is 4.92 Å². The number of carboxylic acids is 1. The van der Waals surface area contributed by atoms with Crippen LogP contribution in [0.5, 0.6) is 0 Å². The lowest BCUT2D eigenvalue weighted by atomic mass is 10.3. The van der Waals surface area contributed by atoms with Gasteiger partial charge in [0.15, 0.2) is 5.03 Å². The molecule has 2 rings (SSSR count). The van der Waals surface area contributed by atoms with Crippen LogP contribution in [0.2, 0.25) is 0 Å². The first-order chi connectivity index (χ1) is 9.47. The molecule has 0 aromatic carbocycles. The molecule has 0 saturated carbocycles. The van der Waals surface area contributed by atoms with Crippen LogP contribution in [0.25, 0.3) is 0 Å². The van der Waals surface area contributed by atoms with Crippen LogP contribution in [0.15, 0.2) is 22.3 Å². The van der Waals surface area contributed by atoms with Crippen molar-refractivity contribution in [1.82, 2.24) is 25.2 Å². The van der Waals surface area contributed by atoms with Crippen molar-refractivity contribution in [3.05, 3.63) is 27.9 Å². The molecule has 0 amide bonds. The van der Waals surface area contributed by atoms with Gasteiger partial charge in [0.25, 0.3) is 0 Å². The molecular formula is C9H8N6O4S. The molecule has 2 heterocycles. The predicted octanol–water partition coefficient (Wildman–Crippen LogP) is 0.521. The highest BCUT2D eigenvalue weighted by atomic mass is 32.2. The van der Waals surface area contributed by atoms with Gasteiger partial charge in [-0.15, -0.1) is 5.10 Å². The smallest absolute Gasteiger partial charge is 0.325 e. The predicted molar refractivity (Wildman–Crippen MR) is 65.2 cm³/mol. The van der Waals surface area contributed by atoms with Gasteiger partial charge >= 0.3 is 11.7 Å². The third kappa shape index (κ3) is 3.06. The lowest BCUT2D eigenvalue weighted by molar-refractivity contribution is -0.388. The summed E-state index contributed by atoms with van der Waals surface area (Å²) in [5.41, 5.74) is 0.404. The van der Waals surface area contributed by atoms with Gasteiger partial charge in [-0.1, -0.05) is 0 Å². The van der Waals surface area contributed by atoms with Crippen molar-refractivity contribution >= 4 is 23.4 Å². The van der Waals surface area contributed by atoms with Gasteiger partial charge in [0, 0.05) is 11.8 Å². The topological polar surface area (TPSA) is 137 Å². The SMILES string of the molecule is Cc1ccc([N+](=O)[O-])c(Sc2nnnn2CC(=O)O)n1. The third-order valence-corrected chi connectivity index (χ3v) is 3.12. The van der Waals surface area contributed by atoms with E-state index in [4.69, 9.17) is 5.11 Å². The van der Waals surface area contributed by atoms with Crippen molar-refractivity contribution in [2.24, 2.45) is 0 Å².